The number of amides is 1. The Morgan fingerprint density at radius 2 is 1.91 bits per heavy atom. The van der Waals surface area contributed by atoms with Crippen LogP contribution >= 0.6 is 0 Å². The molecule has 0 saturated carbocycles. The van der Waals surface area contributed by atoms with E-state index in [1.54, 1.807) is 7.05 Å². The Labute approximate surface area is 132 Å². The van der Waals surface area contributed by atoms with Crippen LogP contribution in [0.5, 0.6) is 0 Å². The Balaban J connectivity index is 2.22. The molecule has 0 bridgehead atoms. The first-order valence-electron chi connectivity index (χ1n) is 7.54. The molecule has 0 aliphatic heterocycles. The van der Waals surface area contributed by atoms with Gasteiger partial charge in [-0.15, -0.1) is 0 Å². The fraction of sp³-hybridized carbons (Fsp3) is 0.500. The van der Waals surface area contributed by atoms with Crippen LogP contribution in [0.1, 0.15) is 22.8 Å². The zero-order valence-corrected chi connectivity index (χ0v) is 13.6. The zero-order valence-electron chi connectivity index (χ0n) is 13.6. The molecule has 1 aromatic carbocycles. The van der Waals surface area contributed by atoms with E-state index in [4.69, 9.17) is 4.74 Å². The van der Waals surface area contributed by atoms with E-state index in [-0.39, 0.29) is 5.91 Å². The van der Waals surface area contributed by atoms with Crippen molar-refractivity contribution in [2.24, 2.45) is 4.99 Å². The Morgan fingerprint density at radius 3 is 2.59 bits per heavy atom. The fourth-order valence-corrected chi connectivity index (χ4v) is 1.85. The van der Waals surface area contributed by atoms with Gasteiger partial charge in [-0.3, -0.25) is 9.79 Å². The highest BCUT2D eigenvalue weighted by molar-refractivity contribution is 5.94. The topological polar surface area (TPSA) is 74.8 Å². The third-order valence-electron chi connectivity index (χ3n) is 2.95. The van der Waals surface area contributed by atoms with Gasteiger partial charge in [0.1, 0.15) is 0 Å². The molecule has 6 heteroatoms. The number of aliphatic imine (C=N–C) groups is 1. The molecule has 0 saturated heterocycles. The molecule has 3 N–H and O–H groups in total. The summed E-state index contributed by atoms with van der Waals surface area (Å²) in [4.78, 5) is 16.1. The molecule has 0 atom stereocenters. The van der Waals surface area contributed by atoms with Crippen LogP contribution < -0.4 is 16.0 Å². The van der Waals surface area contributed by atoms with Crippen molar-refractivity contribution >= 4 is 11.9 Å². The van der Waals surface area contributed by atoms with E-state index in [0.717, 1.165) is 5.56 Å². The smallest absolute Gasteiger partial charge is 0.251 e. The van der Waals surface area contributed by atoms with Crippen LogP contribution in [0.2, 0.25) is 0 Å². The van der Waals surface area contributed by atoms with Gasteiger partial charge in [-0.1, -0.05) is 17.7 Å². The molecule has 0 spiro atoms. The standard InChI is InChI=1S/C16H26N4O2/c1-4-22-11-10-20-16(17-3)19-9-8-18-15(21)14-7-5-6-13(2)12-14/h5-7,12H,4,8-11H2,1-3H3,(H,18,21)(H2,17,19,20). The maximum atomic E-state index is 12.0. The fourth-order valence-electron chi connectivity index (χ4n) is 1.85. The van der Waals surface area contributed by atoms with E-state index in [2.05, 4.69) is 20.9 Å². The first-order valence-corrected chi connectivity index (χ1v) is 7.54. The summed E-state index contributed by atoms with van der Waals surface area (Å²) in [5.74, 6) is 0.634. The van der Waals surface area contributed by atoms with Crippen LogP contribution in [0.15, 0.2) is 29.3 Å². The second-order valence-electron chi connectivity index (χ2n) is 4.75. The van der Waals surface area contributed by atoms with Gasteiger partial charge in [0, 0.05) is 38.9 Å². The number of ether oxygens (including phenoxy) is 1. The van der Waals surface area contributed by atoms with E-state index in [1.807, 2.05) is 38.1 Å². The molecule has 22 heavy (non-hydrogen) atoms. The lowest BCUT2D eigenvalue weighted by atomic mass is 10.1. The number of hydrogen-bond donors (Lipinski definition) is 3. The minimum atomic E-state index is -0.0650. The summed E-state index contributed by atoms with van der Waals surface area (Å²) in [6.45, 7) is 7.11. The number of rotatable bonds is 8. The van der Waals surface area contributed by atoms with Crippen molar-refractivity contribution < 1.29 is 9.53 Å². The number of guanidine groups is 1. The molecular formula is C16H26N4O2. The predicted molar refractivity (Wildman–Crippen MR) is 89.4 cm³/mol. The largest absolute Gasteiger partial charge is 0.380 e. The third kappa shape index (κ3) is 7.08. The minimum absolute atomic E-state index is 0.0650. The van der Waals surface area contributed by atoms with Gasteiger partial charge in [0.15, 0.2) is 5.96 Å². The van der Waals surface area contributed by atoms with Crippen LogP contribution in [0.3, 0.4) is 0 Å². The van der Waals surface area contributed by atoms with Crippen molar-refractivity contribution in [1.82, 2.24) is 16.0 Å². The Morgan fingerprint density at radius 1 is 1.18 bits per heavy atom. The number of carbonyl (C=O) groups is 1. The SMILES string of the molecule is CCOCCNC(=NC)NCCNC(=O)c1cccc(C)c1. The van der Waals surface area contributed by atoms with E-state index >= 15 is 0 Å². The summed E-state index contributed by atoms with van der Waals surface area (Å²) in [5.41, 5.74) is 1.75. The number of aryl methyl sites for hydroxylation is 1. The lowest BCUT2D eigenvalue weighted by Crippen LogP contribution is -2.42. The highest BCUT2D eigenvalue weighted by Crippen LogP contribution is 2.03. The molecular weight excluding hydrogens is 280 g/mol. The molecule has 1 rings (SSSR count). The van der Waals surface area contributed by atoms with Gasteiger partial charge in [-0.05, 0) is 26.0 Å². The molecule has 0 aliphatic rings. The van der Waals surface area contributed by atoms with Gasteiger partial charge in [0.25, 0.3) is 5.91 Å². The number of nitrogens with zero attached hydrogens (tertiary/aromatic N) is 1. The van der Waals surface area contributed by atoms with Crippen molar-refractivity contribution in [3.8, 4) is 0 Å². The number of hydrogen-bond acceptors (Lipinski definition) is 3. The maximum Gasteiger partial charge on any atom is 0.251 e. The van der Waals surface area contributed by atoms with Crippen molar-refractivity contribution in [1.29, 1.82) is 0 Å². The van der Waals surface area contributed by atoms with Gasteiger partial charge < -0.3 is 20.7 Å². The third-order valence-corrected chi connectivity index (χ3v) is 2.95. The summed E-state index contributed by atoms with van der Waals surface area (Å²) in [5, 5.41) is 9.14. The lowest BCUT2D eigenvalue weighted by molar-refractivity contribution is 0.0954. The molecule has 0 radical (unpaired) electrons. The van der Waals surface area contributed by atoms with Crippen LogP contribution in [-0.2, 0) is 4.74 Å². The van der Waals surface area contributed by atoms with Crippen molar-refractivity contribution in [2.75, 3.05) is 39.9 Å². The quantitative estimate of drug-likeness (QED) is 0.379. The predicted octanol–water partition coefficient (Wildman–Crippen LogP) is 0.926. The van der Waals surface area contributed by atoms with Crippen molar-refractivity contribution in [3.63, 3.8) is 0 Å². The van der Waals surface area contributed by atoms with Crippen molar-refractivity contribution in [2.45, 2.75) is 13.8 Å². The van der Waals surface area contributed by atoms with E-state index in [1.165, 1.54) is 0 Å². The normalized spacial score (nSPS) is 11.1. The van der Waals surface area contributed by atoms with E-state index < -0.39 is 0 Å². The van der Waals surface area contributed by atoms with Gasteiger partial charge in [0.2, 0.25) is 0 Å². The van der Waals surface area contributed by atoms with Crippen molar-refractivity contribution in [3.05, 3.63) is 35.4 Å². The molecule has 0 aromatic heterocycles. The average molecular weight is 306 g/mol. The Bertz CT molecular complexity index is 489. The second-order valence-corrected chi connectivity index (χ2v) is 4.75. The summed E-state index contributed by atoms with van der Waals surface area (Å²) in [6, 6.07) is 7.53. The molecule has 1 amide bonds. The maximum absolute atomic E-state index is 12.0. The number of carbonyl (C=O) groups excluding carboxylic acids is 1. The van der Waals surface area contributed by atoms with Crippen LogP contribution in [0, 0.1) is 6.92 Å². The van der Waals surface area contributed by atoms with Gasteiger partial charge in [-0.25, -0.2) is 0 Å². The zero-order chi connectivity index (χ0) is 16.2. The summed E-state index contributed by atoms with van der Waals surface area (Å²) >= 11 is 0. The molecule has 1 aromatic rings. The monoisotopic (exact) mass is 306 g/mol. The average Bonchev–Trinajstić information content (AvgIpc) is 2.53. The number of benzene rings is 1. The highest BCUT2D eigenvalue weighted by atomic mass is 16.5. The molecule has 0 heterocycles. The first kappa shape index (κ1) is 18.0. The van der Waals surface area contributed by atoms with Crippen LogP contribution in [0.4, 0.5) is 0 Å². The van der Waals surface area contributed by atoms with Gasteiger partial charge in [-0.2, -0.15) is 0 Å². The van der Waals surface area contributed by atoms with E-state index in [0.29, 0.717) is 44.4 Å². The highest BCUT2D eigenvalue weighted by Gasteiger charge is 2.04. The minimum Gasteiger partial charge on any atom is -0.380 e. The van der Waals surface area contributed by atoms with Crippen LogP contribution in [0.25, 0.3) is 0 Å². The number of nitrogens with one attached hydrogen (secondary N) is 3. The molecule has 0 fully saturated rings. The van der Waals surface area contributed by atoms with Crippen LogP contribution in [-0.4, -0.2) is 51.8 Å². The van der Waals surface area contributed by atoms with E-state index in [9.17, 15) is 4.79 Å². The Hall–Kier alpha value is -2.08. The molecule has 6 nitrogen and oxygen atoms in total. The molecule has 122 valence electrons. The summed E-state index contributed by atoms with van der Waals surface area (Å²) in [6.07, 6.45) is 0. The van der Waals surface area contributed by atoms with Gasteiger partial charge >= 0.3 is 0 Å². The first-order chi connectivity index (χ1) is 10.7. The van der Waals surface area contributed by atoms with Gasteiger partial charge in [0.05, 0.1) is 6.61 Å². The molecule has 0 unspecified atom stereocenters. The second kappa shape index (κ2) is 10.6. The summed E-state index contributed by atoms with van der Waals surface area (Å²) in [7, 11) is 1.71. The molecule has 0 aliphatic carbocycles. The summed E-state index contributed by atoms with van der Waals surface area (Å²) < 4.78 is 5.24. The lowest BCUT2D eigenvalue weighted by Gasteiger charge is -2.12. The Kier molecular flexibility index (Phi) is 8.67.